The lowest BCUT2D eigenvalue weighted by Gasteiger charge is -2.08. The zero-order chi connectivity index (χ0) is 18.0. The molecule has 7 heteroatoms. The van der Waals surface area contributed by atoms with Crippen molar-refractivity contribution in [3.63, 3.8) is 0 Å². The second-order valence-electron chi connectivity index (χ2n) is 5.92. The highest BCUT2D eigenvalue weighted by Crippen LogP contribution is 2.27. The van der Waals surface area contributed by atoms with Crippen LogP contribution in [0.4, 0.5) is 0 Å². The van der Waals surface area contributed by atoms with Gasteiger partial charge in [0.25, 0.3) is 0 Å². The highest BCUT2D eigenvalue weighted by Gasteiger charge is 2.17. The van der Waals surface area contributed by atoms with Gasteiger partial charge in [-0.1, -0.05) is 6.07 Å². The molecule has 0 atom stereocenters. The minimum Gasteiger partial charge on any atom is -0.264 e. The van der Waals surface area contributed by atoms with Crippen molar-refractivity contribution in [1.82, 2.24) is 14.7 Å². The monoisotopic (exact) mass is 373 g/mol. The van der Waals surface area contributed by atoms with Gasteiger partial charge in [-0.25, -0.2) is 18.1 Å². The van der Waals surface area contributed by atoms with Gasteiger partial charge in [0.1, 0.15) is 5.01 Å². The molecule has 0 spiro atoms. The number of sulfonamides is 1. The Hall–Kier alpha value is -2.09. The first-order chi connectivity index (χ1) is 11.8. The summed E-state index contributed by atoms with van der Waals surface area (Å²) in [6.45, 7) is 5.88. The predicted octanol–water partition coefficient (Wildman–Crippen LogP) is 3.61. The largest absolute Gasteiger partial charge is 0.264 e. The average molecular weight is 374 g/mol. The van der Waals surface area contributed by atoms with E-state index in [2.05, 4.69) is 14.7 Å². The number of pyridine rings is 1. The molecule has 0 aliphatic rings. The maximum atomic E-state index is 12.6. The second kappa shape index (κ2) is 7.03. The van der Waals surface area contributed by atoms with Crippen LogP contribution in [0.3, 0.4) is 0 Å². The Morgan fingerprint density at radius 2 is 1.84 bits per heavy atom. The Morgan fingerprint density at radius 3 is 2.48 bits per heavy atom. The first-order valence-electron chi connectivity index (χ1n) is 7.80. The lowest BCUT2D eigenvalue weighted by molar-refractivity contribution is 0.581. The SMILES string of the molecule is Cc1cc(C)cc(S(=O)(=O)NCc2sc(-c3cccnc3)nc2C)c1. The van der Waals surface area contributed by atoms with Crippen molar-refractivity contribution >= 4 is 21.4 Å². The van der Waals surface area contributed by atoms with Crippen LogP contribution in [0.2, 0.25) is 0 Å². The number of hydrogen-bond donors (Lipinski definition) is 1. The Balaban J connectivity index is 1.80. The lowest BCUT2D eigenvalue weighted by atomic mass is 10.2. The maximum Gasteiger partial charge on any atom is 0.240 e. The number of benzene rings is 1. The third-order valence-electron chi connectivity index (χ3n) is 3.73. The van der Waals surface area contributed by atoms with Gasteiger partial charge in [0.2, 0.25) is 10.0 Å². The zero-order valence-corrected chi connectivity index (χ0v) is 15.9. The molecule has 3 rings (SSSR count). The third-order valence-corrected chi connectivity index (χ3v) is 6.32. The summed E-state index contributed by atoms with van der Waals surface area (Å²) in [7, 11) is -3.56. The van der Waals surface area contributed by atoms with Gasteiger partial charge in [-0.05, 0) is 56.2 Å². The molecule has 1 aromatic carbocycles. The third kappa shape index (κ3) is 4.12. The molecule has 0 saturated heterocycles. The minimum absolute atomic E-state index is 0.221. The molecular weight excluding hydrogens is 354 g/mol. The highest BCUT2D eigenvalue weighted by molar-refractivity contribution is 7.89. The lowest BCUT2D eigenvalue weighted by Crippen LogP contribution is -2.23. The summed E-state index contributed by atoms with van der Waals surface area (Å²) in [4.78, 5) is 9.81. The molecule has 0 aliphatic heterocycles. The molecule has 3 aromatic rings. The van der Waals surface area contributed by atoms with Gasteiger partial charge in [0.05, 0.1) is 10.6 Å². The average Bonchev–Trinajstić information content (AvgIpc) is 2.94. The summed E-state index contributed by atoms with van der Waals surface area (Å²) in [5.74, 6) is 0. The number of thiazole rings is 1. The number of nitrogens with one attached hydrogen (secondary N) is 1. The van der Waals surface area contributed by atoms with Gasteiger partial charge in [-0.3, -0.25) is 4.98 Å². The van der Waals surface area contributed by atoms with E-state index in [-0.39, 0.29) is 6.54 Å². The fraction of sp³-hybridized carbons (Fsp3) is 0.222. The van der Waals surface area contributed by atoms with Crippen molar-refractivity contribution in [1.29, 1.82) is 0 Å². The van der Waals surface area contributed by atoms with Crippen LogP contribution >= 0.6 is 11.3 Å². The Morgan fingerprint density at radius 1 is 1.12 bits per heavy atom. The van der Waals surface area contributed by atoms with E-state index in [0.29, 0.717) is 4.90 Å². The minimum atomic E-state index is -3.56. The van der Waals surface area contributed by atoms with Crippen molar-refractivity contribution in [2.24, 2.45) is 0 Å². The van der Waals surface area contributed by atoms with E-state index in [1.807, 2.05) is 39.0 Å². The van der Waals surface area contributed by atoms with Crippen LogP contribution in [-0.2, 0) is 16.6 Å². The normalized spacial score (nSPS) is 11.6. The molecule has 0 aliphatic carbocycles. The van der Waals surface area contributed by atoms with E-state index in [9.17, 15) is 8.42 Å². The predicted molar refractivity (Wildman–Crippen MR) is 100 cm³/mol. The molecular formula is C18H19N3O2S2. The van der Waals surface area contributed by atoms with Crippen LogP contribution in [0.5, 0.6) is 0 Å². The number of rotatable bonds is 5. The van der Waals surface area contributed by atoms with Gasteiger partial charge in [-0.15, -0.1) is 11.3 Å². The molecule has 0 radical (unpaired) electrons. The van der Waals surface area contributed by atoms with Gasteiger partial charge in [0, 0.05) is 29.4 Å². The molecule has 0 fully saturated rings. The first-order valence-corrected chi connectivity index (χ1v) is 10.1. The van der Waals surface area contributed by atoms with E-state index in [4.69, 9.17) is 0 Å². The summed E-state index contributed by atoms with van der Waals surface area (Å²) < 4.78 is 27.8. The maximum absolute atomic E-state index is 12.6. The first kappa shape index (κ1) is 17.7. The number of aromatic nitrogens is 2. The number of hydrogen-bond acceptors (Lipinski definition) is 5. The summed E-state index contributed by atoms with van der Waals surface area (Å²) in [5.41, 5.74) is 3.60. The van der Waals surface area contributed by atoms with Gasteiger partial charge >= 0.3 is 0 Å². The van der Waals surface area contributed by atoms with Crippen molar-refractivity contribution in [2.45, 2.75) is 32.2 Å². The highest BCUT2D eigenvalue weighted by atomic mass is 32.2. The van der Waals surface area contributed by atoms with Crippen molar-refractivity contribution in [3.8, 4) is 10.6 Å². The smallest absolute Gasteiger partial charge is 0.240 e. The summed E-state index contributed by atoms with van der Waals surface area (Å²) in [6, 6.07) is 9.10. The molecule has 0 unspecified atom stereocenters. The summed E-state index contributed by atoms with van der Waals surface area (Å²) in [6.07, 6.45) is 3.46. The van der Waals surface area contributed by atoms with Crippen LogP contribution in [0.1, 0.15) is 21.7 Å². The quantitative estimate of drug-likeness (QED) is 0.741. The summed E-state index contributed by atoms with van der Waals surface area (Å²) in [5, 5.41) is 0.839. The fourth-order valence-electron chi connectivity index (χ4n) is 2.54. The summed E-state index contributed by atoms with van der Waals surface area (Å²) >= 11 is 1.48. The van der Waals surface area contributed by atoms with Crippen molar-refractivity contribution < 1.29 is 8.42 Å². The molecule has 25 heavy (non-hydrogen) atoms. The van der Waals surface area contributed by atoms with Crippen molar-refractivity contribution in [3.05, 3.63) is 64.4 Å². The fourth-order valence-corrected chi connectivity index (χ4v) is 4.80. The van der Waals surface area contributed by atoms with Crippen LogP contribution < -0.4 is 4.72 Å². The van der Waals surface area contributed by atoms with Crippen LogP contribution in [0.25, 0.3) is 10.6 Å². The van der Waals surface area contributed by atoms with E-state index in [1.165, 1.54) is 11.3 Å². The molecule has 0 amide bonds. The van der Waals surface area contributed by atoms with E-state index >= 15 is 0 Å². The van der Waals surface area contributed by atoms with E-state index < -0.39 is 10.0 Å². The Bertz CT molecular complexity index is 976. The van der Waals surface area contributed by atoms with Crippen LogP contribution in [-0.4, -0.2) is 18.4 Å². The molecule has 2 heterocycles. The van der Waals surface area contributed by atoms with Crippen molar-refractivity contribution in [2.75, 3.05) is 0 Å². The van der Waals surface area contributed by atoms with Crippen LogP contribution in [0.15, 0.2) is 47.6 Å². The van der Waals surface area contributed by atoms with Gasteiger partial charge in [0.15, 0.2) is 0 Å². The molecule has 0 saturated carbocycles. The van der Waals surface area contributed by atoms with E-state index in [0.717, 1.165) is 32.3 Å². The topological polar surface area (TPSA) is 72.0 Å². The molecule has 2 aromatic heterocycles. The zero-order valence-electron chi connectivity index (χ0n) is 14.3. The standard InChI is InChI=1S/C18H19N3O2S2/c1-12-7-13(2)9-16(8-12)25(22,23)20-11-17-14(3)21-18(24-17)15-5-4-6-19-10-15/h4-10,20H,11H2,1-3H3. The Kier molecular flexibility index (Phi) is 4.99. The molecule has 0 bridgehead atoms. The second-order valence-corrected chi connectivity index (χ2v) is 8.77. The van der Waals surface area contributed by atoms with Gasteiger partial charge < -0.3 is 0 Å². The van der Waals surface area contributed by atoms with E-state index in [1.54, 1.807) is 24.5 Å². The number of aryl methyl sites for hydroxylation is 3. The molecule has 130 valence electrons. The Labute approximate surface area is 151 Å². The van der Waals surface area contributed by atoms with Crippen LogP contribution in [0, 0.1) is 20.8 Å². The molecule has 5 nitrogen and oxygen atoms in total. The van der Waals surface area contributed by atoms with Gasteiger partial charge in [-0.2, -0.15) is 0 Å². The number of nitrogens with zero attached hydrogens (tertiary/aromatic N) is 2. The molecule has 1 N–H and O–H groups in total.